The maximum absolute atomic E-state index is 13.9. The second-order valence-corrected chi connectivity index (χ2v) is 12.4. The summed E-state index contributed by atoms with van der Waals surface area (Å²) in [5.41, 5.74) is 2.07. The van der Waals surface area contributed by atoms with Gasteiger partial charge in [0.25, 0.3) is 5.56 Å². The van der Waals surface area contributed by atoms with Gasteiger partial charge in [-0.1, -0.05) is 29.5 Å². The minimum absolute atomic E-state index is 0.189. The van der Waals surface area contributed by atoms with Gasteiger partial charge in [-0.25, -0.2) is 14.8 Å². The van der Waals surface area contributed by atoms with Gasteiger partial charge in [-0.3, -0.25) is 9.36 Å². The monoisotopic (exact) mass is 619 g/mol. The molecule has 0 amide bonds. The van der Waals surface area contributed by atoms with Gasteiger partial charge in [-0.2, -0.15) is 0 Å². The highest BCUT2D eigenvalue weighted by Crippen LogP contribution is 2.37. The van der Waals surface area contributed by atoms with Crippen LogP contribution in [0.15, 0.2) is 89.5 Å². The molecular formula is C30H25N3O6S3. The lowest BCUT2D eigenvalue weighted by Crippen LogP contribution is -2.39. The molecule has 0 saturated carbocycles. The van der Waals surface area contributed by atoms with Crippen LogP contribution in [0.4, 0.5) is 0 Å². The molecule has 0 aliphatic carbocycles. The summed E-state index contributed by atoms with van der Waals surface area (Å²) in [5.74, 6) is 0.997. The number of ether oxygens (including phenoxy) is 3. The molecule has 4 heterocycles. The first-order valence-electron chi connectivity index (χ1n) is 12.9. The van der Waals surface area contributed by atoms with E-state index in [-0.39, 0.29) is 17.7 Å². The van der Waals surface area contributed by atoms with Crippen molar-refractivity contribution in [2.24, 2.45) is 4.99 Å². The molecule has 0 bridgehead atoms. The average Bonchev–Trinajstić information content (AvgIpc) is 3.69. The van der Waals surface area contributed by atoms with Crippen molar-refractivity contribution in [3.63, 3.8) is 0 Å². The number of thiazole rings is 2. The molecule has 0 fully saturated rings. The normalized spacial score (nSPS) is 15.0. The highest BCUT2D eigenvalue weighted by Gasteiger charge is 2.34. The molecule has 1 aliphatic rings. The van der Waals surface area contributed by atoms with E-state index in [0.29, 0.717) is 42.9 Å². The van der Waals surface area contributed by atoms with Crippen LogP contribution in [0.5, 0.6) is 11.5 Å². The van der Waals surface area contributed by atoms with E-state index in [2.05, 4.69) is 9.98 Å². The second-order valence-electron chi connectivity index (χ2n) is 9.12. The lowest BCUT2D eigenvalue weighted by molar-refractivity contribution is -0.139. The van der Waals surface area contributed by atoms with Crippen molar-refractivity contribution < 1.29 is 23.4 Å². The zero-order valence-corrected chi connectivity index (χ0v) is 25.5. The minimum Gasteiger partial charge on any atom is -0.493 e. The molecule has 9 nitrogen and oxygen atoms in total. The lowest BCUT2D eigenvalue weighted by atomic mass is 9.95. The number of aromatic nitrogens is 2. The van der Waals surface area contributed by atoms with Gasteiger partial charge in [0.2, 0.25) is 0 Å². The Balaban J connectivity index is 1.41. The molecule has 12 heteroatoms. The standard InChI is InChI=1S/C30H25N3O6S3/c1-5-38-28(35)25-16(2)31-29-33(26(25)17-10-12-20(36-3)21(14-17)37-4)27(34)23(40-29)15-18-11-13-24(39-18)42-30-32-19-8-6-7-9-22(19)41-30/h6-15,26H,5H2,1-4H3/b23-15-/t26-/m0/s1. The minimum atomic E-state index is -0.774. The Morgan fingerprint density at radius 1 is 1.10 bits per heavy atom. The van der Waals surface area contributed by atoms with Crippen LogP contribution >= 0.6 is 34.4 Å². The Hall–Kier alpha value is -4.13. The number of para-hydroxylation sites is 1. The topological polar surface area (TPSA) is 105 Å². The fourth-order valence-corrected chi connectivity index (χ4v) is 7.70. The number of allylic oxidation sites excluding steroid dienone is 1. The van der Waals surface area contributed by atoms with Crippen LogP contribution in [0.25, 0.3) is 16.3 Å². The number of hydrogen-bond acceptors (Lipinski definition) is 11. The fourth-order valence-electron chi connectivity index (χ4n) is 4.71. The van der Waals surface area contributed by atoms with E-state index in [1.165, 1.54) is 34.8 Å². The number of nitrogens with zero attached hydrogens (tertiary/aromatic N) is 3. The summed E-state index contributed by atoms with van der Waals surface area (Å²) in [5, 5.41) is 0.664. The van der Waals surface area contributed by atoms with E-state index < -0.39 is 12.0 Å². The molecule has 0 N–H and O–H groups in total. The van der Waals surface area contributed by atoms with Crippen molar-refractivity contribution in [1.29, 1.82) is 0 Å². The summed E-state index contributed by atoms with van der Waals surface area (Å²) in [6, 6.07) is 16.2. The number of esters is 1. The lowest BCUT2D eigenvalue weighted by Gasteiger charge is -2.25. The third-order valence-electron chi connectivity index (χ3n) is 6.58. The van der Waals surface area contributed by atoms with Gasteiger partial charge in [0.05, 0.1) is 52.9 Å². The van der Waals surface area contributed by atoms with Crippen molar-refractivity contribution >= 4 is 56.7 Å². The summed E-state index contributed by atoms with van der Waals surface area (Å²) in [7, 11) is 3.08. The Morgan fingerprint density at radius 3 is 2.67 bits per heavy atom. The van der Waals surface area contributed by atoms with E-state index in [1.54, 1.807) is 56.6 Å². The first kappa shape index (κ1) is 28.0. The molecule has 214 valence electrons. The second kappa shape index (κ2) is 11.6. The van der Waals surface area contributed by atoms with E-state index in [9.17, 15) is 9.59 Å². The highest BCUT2D eigenvalue weighted by atomic mass is 32.2. The van der Waals surface area contributed by atoms with Crippen molar-refractivity contribution in [2.75, 3.05) is 20.8 Å². The van der Waals surface area contributed by atoms with Crippen molar-refractivity contribution in [3.05, 3.63) is 96.9 Å². The van der Waals surface area contributed by atoms with Gasteiger partial charge in [-0.15, -0.1) is 11.3 Å². The highest BCUT2D eigenvalue weighted by molar-refractivity contribution is 8.01. The fraction of sp³-hybridized carbons (Fsp3) is 0.200. The first-order valence-corrected chi connectivity index (χ1v) is 15.4. The number of benzene rings is 2. The Morgan fingerprint density at radius 2 is 1.90 bits per heavy atom. The summed E-state index contributed by atoms with van der Waals surface area (Å²) in [6.07, 6.45) is 1.70. The number of furan rings is 1. The van der Waals surface area contributed by atoms with Gasteiger partial charge >= 0.3 is 5.97 Å². The quantitative estimate of drug-likeness (QED) is 0.219. The Kier molecular flexibility index (Phi) is 7.76. The summed E-state index contributed by atoms with van der Waals surface area (Å²) in [4.78, 5) is 36.8. The number of carbonyl (C=O) groups is 1. The Bertz CT molecular complexity index is 2000. The third kappa shape index (κ3) is 5.17. The van der Waals surface area contributed by atoms with Crippen LogP contribution in [0, 0.1) is 0 Å². The van der Waals surface area contributed by atoms with Crippen molar-refractivity contribution in [2.45, 2.75) is 29.3 Å². The largest absolute Gasteiger partial charge is 0.493 e. The molecule has 0 saturated heterocycles. The molecule has 5 aromatic rings. The molecular weight excluding hydrogens is 595 g/mol. The van der Waals surface area contributed by atoms with Crippen molar-refractivity contribution in [1.82, 2.24) is 9.55 Å². The van der Waals surface area contributed by atoms with Crippen LogP contribution in [0.2, 0.25) is 0 Å². The summed E-state index contributed by atoms with van der Waals surface area (Å²) >= 11 is 4.25. The SMILES string of the molecule is CCOC(=O)C1=C(C)N=c2s/c(=C\c3ccc(Sc4nc5ccccc5s4)o3)c(=O)n2[C@H]1c1ccc(OC)c(OC)c1. The molecule has 2 aromatic carbocycles. The summed E-state index contributed by atoms with van der Waals surface area (Å²) < 4.78 is 26.2. The van der Waals surface area contributed by atoms with Crippen LogP contribution in [0.1, 0.15) is 31.2 Å². The predicted octanol–water partition coefficient (Wildman–Crippen LogP) is 5.17. The molecule has 0 unspecified atom stereocenters. The molecule has 3 aromatic heterocycles. The van der Waals surface area contributed by atoms with Gasteiger partial charge in [0.15, 0.2) is 25.7 Å². The average molecular weight is 620 g/mol. The van der Waals surface area contributed by atoms with Gasteiger partial charge in [0, 0.05) is 6.08 Å². The van der Waals surface area contributed by atoms with E-state index in [4.69, 9.17) is 18.6 Å². The number of hydrogen-bond donors (Lipinski definition) is 0. The number of rotatable bonds is 8. The van der Waals surface area contributed by atoms with E-state index in [1.807, 2.05) is 36.4 Å². The predicted molar refractivity (Wildman–Crippen MR) is 162 cm³/mol. The van der Waals surface area contributed by atoms with Gasteiger partial charge in [0.1, 0.15) is 5.76 Å². The summed E-state index contributed by atoms with van der Waals surface area (Å²) in [6.45, 7) is 3.67. The van der Waals surface area contributed by atoms with Crippen LogP contribution in [-0.4, -0.2) is 36.3 Å². The molecule has 1 aliphatic heterocycles. The molecule has 42 heavy (non-hydrogen) atoms. The molecule has 1 atom stereocenters. The van der Waals surface area contributed by atoms with Gasteiger partial charge < -0.3 is 18.6 Å². The van der Waals surface area contributed by atoms with Crippen LogP contribution < -0.4 is 24.4 Å². The number of methoxy groups -OCH3 is 2. The van der Waals surface area contributed by atoms with E-state index in [0.717, 1.165) is 14.6 Å². The first-order chi connectivity index (χ1) is 20.4. The zero-order chi connectivity index (χ0) is 29.4. The maximum Gasteiger partial charge on any atom is 0.338 e. The van der Waals surface area contributed by atoms with Gasteiger partial charge in [-0.05, 0) is 67.6 Å². The third-order valence-corrected chi connectivity index (χ3v) is 9.58. The number of fused-ring (bicyclic) bond motifs is 2. The van der Waals surface area contributed by atoms with Crippen molar-refractivity contribution in [3.8, 4) is 11.5 Å². The zero-order valence-electron chi connectivity index (χ0n) is 23.1. The van der Waals surface area contributed by atoms with Crippen LogP contribution in [-0.2, 0) is 9.53 Å². The molecule has 0 radical (unpaired) electrons. The van der Waals surface area contributed by atoms with Crippen LogP contribution in [0.3, 0.4) is 0 Å². The maximum atomic E-state index is 13.9. The molecule has 0 spiro atoms. The molecule has 6 rings (SSSR count). The Labute approximate surface area is 252 Å². The number of carbonyl (C=O) groups excluding carboxylic acids is 1. The van der Waals surface area contributed by atoms with E-state index >= 15 is 0 Å². The smallest absolute Gasteiger partial charge is 0.338 e.